The van der Waals surface area contributed by atoms with Gasteiger partial charge in [-0.15, -0.1) is 11.3 Å². The normalized spacial score (nSPS) is 12.3. The molecule has 0 saturated heterocycles. The molecular formula is C44H25NS. The van der Waals surface area contributed by atoms with Crippen molar-refractivity contribution in [3.8, 4) is 39.1 Å². The van der Waals surface area contributed by atoms with Crippen LogP contribution in [0.5, 0.6) is 0 Å². The molecule has 1 nitrogen and oxygen atoms in total. The maximum absolute atomic E-state index is 2.50. The van der Waals surface area contributed by atoms with Crippen molar-refractivity contribution in [3.63, 3.8) is 0 Å². The summed E-state index contributed by atoms with van der Waals surface area (Å²) in [5, 5.41) is 10.6. The molecule has 0 radical (unpaired) electrons. The Balaban J connectivity index is 1.18. The van der Waals surface area contributed by atoms with Crippen molar-refractivity contribution >= 4 is 74.9 Å². The van der Waals surface area contributed by atoms with E-state index in [2.05, 4.69) is 156 Å². The zero-order valence-electron chi connectivity index (χ0n) is 24.8. The van der Waals surface area contributed by atoms with E-state index >= 15 is 0 Å². The molecule has 2 aromatic heterocycles. The SMILES string of the molecule is c1ccc2c(c1)-c1cccc3c(-c4ccc(-n5c6ccccc6c6c7ccccc7c7c8ccccc8sc7c65)cc4)ccc-2c13. The lowest BCUT2D eigenvalue weighted by Crippen LogP contribution is -1.94. The van der Waals surface area contributed by atoms with E-state index in [0.29, 0.717) is 0 Å². The van der Waals surface area contributed by atoms with E-state index in [0.717, 1.165) is 0 Å². The molecule has 46 heavy (non-hydrogen) atoms. The van der Waals surface area contributed by atoms with E-state index in [-0.39, 0.29) is 0 Å². The monoisotopic (exact) mass is 599 g/mol. The van der Waals surface area contributed by atoms with Crippen LogP contribution in [0.1, 0.15) is 0 Å². The molecule has 212 valence electrons. The van der Waals surface area contributed by atoms with Crippen LogP contribution < -0.4 is 0 Å². The predicted octanol–water partition coefficient (Wildman–Crippen LogP) is 12.8. The fourth-order valence-electron chi connectivity index (χ4n) is 8.24. The summed E-state index contributed by atoms with van der Waals surface area (Å²) < 4.78 is 5.18. The van der Waals surface area contributed by atoms with Gasteiger partial charge in [-0.2, -0.15) is 0 Å². The zero-order valence-corrected chi connectivity index (χ0v) is 25.6. The van der Waals surface area contributed by atoms with Gasteiger partial charge in [0.15, 0.2) is 0 Å². The summed E-state index contributed by atoms with van der Waals surface area (Å²) in [6, 6.07) is 56.2. The van der Waals surface area contributed by atoms with Crippen molar-refractivity contribution in [2.24, 2.45) is 0 Å². The predicted molar refractivity (Wildman–Crippen MR) is 199 cm³/mol. The van der Waals surface area contributed by atoms with Crippen molar-refractivity contribution in [1.82, 2.24) is 4.57 Å². The minimum absolute atomic E-state index is 1.18. The van der Waals surface area contributed by atoms with Gasteiger partial charge in [0.2, 0.25) is 0 Å². The first kappa shape index (κ1) is 24.6. The molecule has 8 aromatic carbocycles. The second-order valence-corrected chi connectivity index (χ2v) is 13.5. The van der Waals surface area contributed by atoms with Crippen LogP contribution in [0.2, 0.25) is 0 Å². The van der Waals surface area contributed by atoms with Gasteiger partial charge < -0.3 is 4.57 Å². The summed E-state index contributed by atoms with van der Waals surface area (Å²) in [4.78, 5) is 0. The largest absolute Gasteiger partial charge is 0.308 e. The average Bonchev–Trinajstić information content (AvgIpc) is 3.78. The van der Waals surface area contributed by atoms with Gasteiger partial charge in [0, 0.05) is 31.9 Å². The molecule has 2 heterocycles. The van der Waals surface area contributed by atoms with Gasteiger partial charge in [0.1, 0.15) is 0 Å². The second-order valence-electron chi connectivity index (χ2n) is 12.4. The first-order valence-electron chi connectivity index (χ1n) is 15.9. The molecule has 2 heteroatoms. The lowest BCUT2D eigenvalue weighted by Gasteiger charge is -2.13. The van der Waals surface area contributed by atoms with E-state index in [1.165, 1.54) is 103 Å². The minimum Gasteiger partial charge on any atom is -0.308 e. The van der Waals surface area contributed by atoms with Gasteiger partial charge in [-0.25, -0.2) is 0 Å². The van der Waals surface area contributed by atoms with Crippen molar-refractivity contribution in [2.45, 2.75) is 0 Å². The Labute approximate surface area is 269 Å². The summed E-state index contributed by atoms with van der Waals surface area (Å²) in [7, 11) is 0. The Kier molecular flexibility index (Phi) is 4.78. The molecule has 0 unspecified atom stereocenters. The van der Waals surface area contributed by atoms with Crippen LogP contribution in [-0.4, -0.2) is 4.57 Å². The van der Waals surface area contributed by atoms with Crippen molar-refractivity contribution in [2.75, 3.05) is 0 Å². The molecule has 0 amide bonds. The number of nitrogens with zero attached hydrogens (tertiary/aromatic N) is 1. The van der Waals surface area contributed by atoms with Crippen molar-refractivity contribution in [1.29, 1.82) is 0 Å². The highest BCUT2D eigenvalue weighted by molar-refractivity contribution is 7.27. The number of thiophene rings is 1. The third-order valence-corrected chi connectivity index (χ3v) is 11.3. The quantitative estimate of drug-likeness (QED) is 0.186. The van der Waals surface area contributed by atoms with Crippen LogP contribution >= 0.6 is 11.3 Å². The molecule has 0 aliphatic heterocycles. The number of hydrogen-bond acceptors (Lipinski definition) is 1. The standard InChI is InChI=1S/C44H25NS/c1-2-11-30-29(10-1)32-17-9-16-31-28(24-25-35(30)40(31)32)26-20-22-27(23-21-26)45-38-18-7-5-14-36(38)41-33-12-3-4-13-34(33)42-37-15-6-8-19-39(37)46-44(42)43(41)45/h1-25H. The molecule has 1 aliphatic rings. The molecular weight excluding hydrogens is 575 g/mol. The number of hydrogen-bond donors (Lipinski definition) is 0. The minimum atomic E-state index is 1.18. The van der Waals surface area contributed by atoms with Gasteiger partial charge in [0.05, 0.1) is 15.7 Å². The number of benzene rings is 8. The van der Waals surface area contributed by atoms with Crippen LogP contribution in [0.25, 0.3) is 103 Å². The lowest BCUT2D eigenvalue weighted by atomic mass is 9.94. The lowest BCUT2D eigenvalue weighted by molar-refractivity contribution is 1.19. The molecule has 0 atom stereocenters. The summed E-state index contributed by atoms with van der Waals surface area (Å²) in [6.45, 7) is 0. The van der Waals surface area contributed by atoms with Crippen LogP contribution in [0.15, 0.2) is 152 Å². The van der Waals surface area contributed by atoms with E-state index in [4.69, 9.17) is 0 Å². The third-order valence-electron chi connectivity index (χ3n) is 10.1. The van der Waals surface area contributed by atoms with Crippen LogP contribution in [0.4, 0.5) is 0 Å². The van der Waals surface area contributed by atoms with Gasteiger partial charge in [-0.3, -0.25) is 0 Å². The van der Waals surface area contributed by atoms with Gasteiger partial charge in [0.25, 0.3) is 0 Å². The maximum Gasteiger partial charge on any atom is 0.0726 e. The van der Waals surface area contributed by atoms with E-state index in [1.54, 1.807) is 0 Å². The number of aromatic nitrogens is 1. The number of para-hydroxylation sites is 1. The van der Waals surface area contributed by atoms with Gasteiger partial charge >= 0.3 is 0 Å². The van der Waals surface area contributed by atoms with Gasteiger partial charge in [-0.05, 0) is 79.2 Å². The summed E-state index contributed by atoms with van der Waals surface area (Å²) in [5.74, 6) is 0. The summed E-state index contributed by atoms with van der Waals surface area (Å²) in [5.41, 5.74) is 11.6. The first-order valence-corrected chi connectivity index (χ1v) is 16.7. The van der Waals surface area contributed by atoms with Crippen molar-refractivity contribution < 1.29 is 0 Å². The summed E-state index contributed by atoms with van der Waals surface area (Å²) in [6.07, 6.45) is 0. The van der Waals surface area contributed by atoms with E-state index in [9.17, 15) is 0 Å². The molecule has 0 spiro atoms. The second kappa shape index (κ2) is 8.94. The molecule has 0 bridgehead atoms. The highest BCUT2D eigenvalue weighted by Gasteiger charge is 2.23. The smallest absolute Gasteiger partial charge is 0.0726 e. The summed E-state index contributed by atoms with van der Waals surface area (Å²) >= 11 is 1.91. The molecule has 10 aromatic rings. The molecule has 0 saturated carbocycles. The highest BCUT2D eigenvalue weighted by atomic mass is 32.1. The third kappa shape index (κ3) is 3.09. The molecule has 1 aliphatic carbocycles. The first-order chi connectivity index (χ1) is 22.8. The van der Waals surface area contributed by atoms with E-state index in [1.807, 2.05) is 11.3 Å². The topological polar surface area (TPSA) is 4.93 Å². The van der Waals surface area contributed by atoms with Crippen LogP contribution in [0.3, 0.4) is 0 Å². The number of rotatable bonds is 2. The highest BCUT2D eigenvalue weighted by Crippen LogP contribution is 2.50. The zero-order chi connectivity index (χ0) is 29.9. The fourth-order valence-corrected chi connectivity index (χ4v) is 9.50. The molecule has 11 rings (SSSR count). The average molecular weight is 600 g/mol. The Bertz CT molecular complexity index is 2870. The Hall–Kier alpha value is -5.70. The number of fused-ring (bicyclic) bond motifs is 13. The van der Waals surface area contributed by atoms with Crippen molar-refractivity contribution in [3.05, 3.63) is 152 Å². The van der Waals surface area contributed by atoms with Crippen LogP contribution in [-0.2, 0) is 0 Å². The molecule has 0 N–H and O–H groups in total. The Morgan fingerprint density at radius 1 is 0.370 bits per heavy atom. The van der Waals surface area contributed by atoms with Crippen LogP contribution in [0, 0.1) is 0 Å². The maximum atomic E-state index is 2.50. The fraction of sp³-hybridized carbons (Fsp3) is 0. The Morgan fingerprint density at radius 2 is 0.957 bits per heavy atom. The Morgan fingerprint density at radius 3 is 1.76 bits per heavy atom. The molecule has 0 fully saturated rings. The van der Waals surface area contributed by atoms with Gasteiger partial charge in [-0.1, -0.05) is 127 Å². The van der Waals surface area contributed by atoms with E-state index < -0.39 is 0 Å².